The lowest BCUT2D eigenvalue weighted by Gasteiger charge is -2.04. The molecule has 0 aromatic rings. The zero-order valence-corrected chi connectivity index (χ0v) is 8.49. The number of rotatable bonds is 4. The van der Waals surface area contributed by atoms with Crippen LogP contribution in [0.3, 0.4) is 0 Å². The lowest BCUT2D eigenvalue weighted by molar-refractivity contribution is -0.139. The second kappa shape index (κ2) is 7.39. The fourth-order valence-corrected chi connectivity index (χ4v) is 0.607. The van der Waals surface area contributed by atoms with Crippen molar-refractivity contribution in [1.82, 2.24) is 0 Å². The molecule has 0 aliphatic rings. The van der Waals surface area contributed by atoms with Crippen LogP contribution < -0.4 is 0 Å². The summed E-state index contributed by atoms with van der Waals surface area (Å²) in [6, 6.07) is 0. The van der Waals surface area contributed by atoms with Crippen molar-refractivity contribution < 1.29 is 19.1 Å². The maximum atomic E-state index is 10.8. The Morgan fingerprint density at radius 1 is 1.47 bits per heavy atom. The van der Waals surface area contributed by atoms with Crippen LogP contribution in [0.1, 0.15) is 6.92 Å². The Bertz CT molecular complexity index is 319. The van der Waals surface area contributed by atoms with Gasteiger partial charge in [0.2, 0.25) is 0 Å². The first-order valence-electron chi connectivity index (χ1n) is 4.28. The summed E-state index contributed by atoms with van der Waals surface area (Å²) in [5.74, 6) is 3.26. The lowest BCUT2D eigenvalue weighted by atomic mass is 10.3. The summed E-state index contributed by atoms with van der Waals surface area (Å²) in [5, 5.41) is 0. The van der Waals surface area contributed by atoms with Gasteiger partial charge in [0.1, 0.15) is 0 Å². The molecule has 0 radical (unpaired) electrons. The SMILES string of the molecule is C=CC(=O)OC(C#CC(=O)OCC)C=C. The summed E-state index contributed by atoms with van der Waals surface area (Å²) in [7, 11) is 0. The molecular weight excluding hydrogens is 196 g/mol. The van der Waals surface area contributed by atoms with Crippen LogP contribution in [0.15, 0.2) is 25.3 Å². The van der Waals surface area contributed by atoms with Crippen LogP contribution in [0, 0.1) is 11.8 Å². The van der Waals surface area contributed by atoms with Crippen molar-refractivity contribution in [3.05, 3.63) is 25.3 Å². The Hall–Kier alpha value is -2.02. The molecule has 1 atom stereocenters. The van der Waals surface area contributed by atoms with Gasteiger partial charge in [0.15, 0.2) is 6.10 Å². The average molecular weight is 208 g/mol. The van der Waals surface area contributed by atoms with E-state index in [-0.39, 0.29) is 6.61 Å². The smallest absolute Gasteiger partial charge is 0.384 e. The van der Waals surface area contributed by atoms with E-state index >= 15 is 0 Å². The van der Waals surface area contributed by atoms with Gasteiger partial charge in [-0.15, -0.1) is 0 Å². The third kappa shape index (κ3) is 6.11. The van der Waals surface area contributed by atoms with E-state index in [1.807, 2.05) is 0 Å². The highest BCUT2D eigenvalue weighted by Crippen LogP contribution is 1.93. The molecule has 0 N–H and O–H groups in total. The van der Waals surface area contributed by atoms with Crippen LogP contribution in [0.2, 0.25) is 0 Å². The molecule has 0 heterocycles. The van der Waals surface area contributed by atoms with E-state index in [9.17, 15) is 9.59 Å². The molecular formula is C11H12O4. The van der Waals surface area contributed by atoms with Gasteiger partial charge in [-0.25, -0.2) is 9.59 Å². The number of carbonyl (C=O) groups excluding carboxylic acids is 2. The lowest BCUT2D eigenvalue weighted by Crippen LogP contribution is -2.12. The zero-order chi connectivity index (χ0) is 11.7. The quantitative estimate of drug-likeness (QED) is 0.226. The first kappa shape index (κ1) is 13.0. The minimum absolute atomic E-state index is 0.249. The summed E-state index contributed by atoms with van der Waals surface area (Å²) >= 11 is 0. The van der Waals surface area contributed by atoms with Crippen LogP contribution in [0.25, 0.3) is 0 Å². The largest absolute Gasteiger partial charge is 0.456 e. The normalized spacial score (nSPS) is 10.2. The van der Waals surface area contributed by atoms with Gasteiger partial charge >= 0.3 is 11.9 Å². The Kier molecular flexibility index (Phi) is 6.39. The Morgan fingerprint density at radius 2 is 2.13 bits per heavy atom. The predicted octanol–water partition coefficient (Wildman–Crippen LogP) is 0.837. The molecule has 0 spiro atoms. The number of hydrogen-bond donors (Lipinski definition) is 0. The summed E-state index contributed by atoms with van der Waals surface area (Å²) in [6.07, 6.45) is 1.47. The van der Waals surface area contributed by atoms with Crippen LogP contribution in [0.5, 0.6) is 0 Å². The molecule has 0 aromatic heterocycles. The van der Waals surface area contributed by atoms with Crippen LogP contribution in [0.4, 0.5) is 0 Å². The topological polar surface area (TPSA) is 52.6 Å². The van der Waals surface area contributed by atoms with E-state index in [1.165, 1.54) is 6.08 Å². The number of ether oxygens (including phenoxy) is 2. The number of hydrogen-bond acceptors (Lipinski definition) is 4. The molecule has 0 bridgehead atoms. The monoisotopic (exact) mass is 208 g/mol. The molecule has 1 unspecified atom stereocenters. The summed E-state index contributed by atoms with van der Waals surface area (Å²) < 4.78 is 9.28. The Morgan fingerprint density at radius 3 is 2.60 bits per heavy atom. The fourth-order valence-electron chi connectivity index (χ4n) is 0.607. The third-order valence-corrected chi connectivity index (χ3v) is 1.22. The fraction of sp³-hybridized carbons (Fsp3) is 0.273. The van der Waals surface area contributed by atoms with Crippen molar-refractivity contribution in [3.8, 4) is 11.8 Å². The molecule has 0 saturated carbocycles. The van der Waals surface area contributed by atoms with E-state index in [0.717, 1.165) is 6.08 Å². The van der Waals surface area contributed by atoms with Crippen LogP contribution in [-0.4, -0.2) is 24.6 Å². The van der Waals surface area contributed by atoms with Gasteiger partial charge in [0.25, 0.3) is 0 Å². The highest BCUT2D eigenvalue weighted by Gasteiger charge is 2.04. The van der Waals surface area contributed by atoms with E-state index in [2.05, 4.69) is 29.7 Å². The molecule has 0 aromatic carbocycles. The van der Waals surface area contributed by atoms with Crippen molar-refractivity contribution in [2.45, 2.75) is 13.0 Å². The minimum Gasteiger partial charge on any atom is -0.456 e. The van der Waals surface area contributed by atoms with Gasteiger partial charge in [-0.3, -0.25) is 0 Å². The van der Waals surface area contributed by atoms with Crippen molar-refractivity contribution >= 4 is 11.9 Å². The van der Waals surface area contributed by atoms with Crippen molar-refractivity contribution in [2.75, 3.05) is 6.61 Å². The first-order chi connectivity index (χ1) is 7.13. The van der Waals surface area contributed by atoms with Crippen LogP contribution in [-0.2, 0) is 19.1 Å². The maximum absolute atomic E-state index is 10.8. The first-order valence-corrected chi connectivity index (χ1v) is 4.28. The van der Waals surface area contributed by atoms with Gasteiger partial charge in [-0.2, -0.15) is 0 Å². The zero-order valence-electron chi connectivity index (χ0n) is 8.49. The van der Waals surface area contributed by atoms with Gasteiger partial charge in [0, 0.05) is 12.0 Å². The molecule has 0 aliphatic carbocycles. The maximum Gasteiger partial charge on any atom is 0.384 e. The van der Waals surface area contributed by atoms with Gasteiger partial charge in [-0.1, -0.05) is 13.2 Å². The average Bonchev–Trinajstić information content (AvgIpc) is 2.24. The standard InChI is InChI=1S/C11H12O4/c1-4-9(15-10(12)5-2)7-8-11(13)14-6-3/h4-5,9H,1-2,6H2,3H3. The van der Waals surface area contributed by atoms with Crippen molar-refractivity contribution in [1.29, 1.82) is 0 Å². The van der Waals surface area contributed by atoms with E-state index in [4.69, 9.17) is 4.74 Å². The Labute approximate surface area is 88.6 Å². The predicted molar refractivity (Wildman–Crippen MR) is 54.7 cm³/mol. The van der Waals surface area contributed by atoms with Gasteiger partial charge < -0.3 is 9.47 Å². The molecule has 0 saturated heterocycles. The molecule has 0 aliphatic heterocycles. The summed E-state index contributed by atoms with van der Waals surface area (Å²) in [5.41, 5.74) is 0. The summed E-state index contributed by atoms with van der Waals surface area (Å²) in [6.45, 7) is 8.55. The molecule has 4 heteroatoms. The van der Waals surface area contributed by atoms with Crippen molar-refractivity contribution in [2.24, 2.45) is 0 Å². The second-order valence-electron chi connectivity index (χ2n) is 2.29. The molecule has 0 rings (SSSR count). The minimum atomic E-state index is -0.833. The third-order valence-electron chi connectivity index (χ3n) is 1.22. The molecule has 0 fully saturated rings. The Balaban J connectivity index is 4.31. The van der Waals surface area contributed by atoms with Crippen molar-refractivity contribution in [3.63, 3.8) is 0 Å². The molecule has 15 heavy (non-hydrogen) atoms. The van der Waals surface area contributed by atoms with E-state index < -0.39 is 18.0 Å². The van der Waals surface area contributed by atoms with Gasteiger partial charge in [0.05, 0.1) is 6.61 Å². The highest BCUT2D eigenvalue weighted by molar-refractivity contribution is 5.88. The molecule has 0 amide bonds. The van der Waals surface area contributed by atoms with E-state index in [0.29, 0.717) is 0 Å². The summed E-state index contributed by atoms with van der Waals surface area (Å²) in [4.78, 5) is 21.6. The molecule has 4 nitrogen and oxygen atoms in total. The van der Waals surface area contributed by atoms with E-state index in [1.54, 1.807) is 6.92 Å². The van der Waals surface area contributed by atoms with Gasteiger partial charge in [-0.05, 0) is 18.9 Å². The highest BCUT2D eigenvalue weighted by atomic mass is 16.5. The number of esters is 2. The molecule has 80 valence electrons. The van der Waals surface area contributed by atoms with Crippen LogP contribution >= 0.6 is 0 Å². The second-order valence-corrected chi connectivity index (χ2v) is 2.29. The number of carbonyl (C=O) groups is 2.